The lowest BCUT2D eigenvalue weighted by Gasteiger charge is -2.29. The van der Waals surface area contributed by atoms with Crippen LogP contribution >= 0.6 is 11.8 Å². The second-order valence-corrected chi connectivity index (χ2v) is 13.3. The van der Waals surface area contributed by atoms with Gasteiger partial charge in [0.25, 0.3) is 5.91 Å². The van der Waals surface area contributed by atoms with Crippen molar-refractivity contribution in [2.75, 3.05) is 52.2 Å². The number of pyridine rings is 2. The number of aromatic nitrogens is 2. The number of hydrogen-bond donors (Lipinski definition) is 2. The summed E-state index contributed by atoms with van der Waals surface area (Å²) >= 11 is 1.81. The number of carbonyl (C=O) groups excluding carboxylic acids is 2. The van der Waals surface area contributed by atoms with E-state index in [0.29, 0.717) is 19.5 Å². The molecule has 10 heteroatoms. The normalized spacial score (nSPS) is 13.7. The van der Waals surface area contributed by atoms with Crippen LogP contribution in [0.1, 0.15) is 41.6 Å². The minimum atomic E-state index is -0.632. The van der Waals surface area contributed by atoms with Crippen LogP contribution in [0.2, 0.25) is 0 Å². The number of benzene rings is 2. The first-order chi connectivity index (χ1) is 22.2. The van der Waals surface area contributed by atoms with Gasteiger partial charge in [-0.1, -0.05) is 36.0 Å². The van der Waals surface area contributed by atoms with Crippen molar-refractivity contribution in [1.29, 1.82) is 0 Å². The molecule has 4 aromatic rings. The van der Waals surface area contributed by atoms with E-state index in [2.05, 4.69) is 113 Å². The molecule has 1 aliphatic heterocycles. The van der Waals surface area contributed by atoms with Gasteiger partial charge in [0.2, 0.25) is 17.4 Å². The van der Waals surface area contributed by atoms with Gasteiger partial charge in [-0.3, -0.25) is 9.59 Å². The third-order valence-corrected chi connectivity index (χ3v) is 9.48. The van der Waals surface area contributed by atoms with Crippen molar-refractivity contribution in [2.24, 2.45) is 0 Å². The zero-order valence-corrected chi connectivity index (χ0v) is 27.7. The Balaban J connectivity index is 1.03. The summed E-state index contributed by atoms with van der Waals surface area (Å²) in [6.07, 6.45) is 8.99. The standard InChI is InChI=1S/C36H41FN6O2S/c1-41-31-13-6-7-14-32(31)46-35(41)25-27-18-22-42(30-12-5-4-11-29(27)30)21-10-24-43(2,3)23-9-8-15-34(44)38-19-20-39-36(45)28-16-17-33(37)40-26-28/h4-7,11-14,16-18,22,25-26H,8-10,15,19-21,23-24H2,1-3H3/p+2. The summed E-state index contributed by atoms with van der Waals surface area (Å²) < 4.78 is 16.2. The second kappa shape index (κ2) is 15.3. The SMILES string of the molecule is CN1/C(=C/c2cc[n+](CCC[N+](C)(C)CCCCC(=O)NCCNC(=O)c3ccc(F)nc3)c3ccccc23)Sc2ccccc21. The van der Waals surface area contributed by atoms with E-state index in [9.17, 15) is 14.0 Å². The summed E-state index contributed by atoms with van der Waals surface area (Å²) in [5.41, 5.74) is 3.99. The summed E-state index contributed by atoms with van der Waals surface area (Å²) in [6, 6.07) is 21.9. The molecule has 0 bridgehead atoms. The van der Waals surface area contributed by atoms with E-state index in [1.165, 1.54) is 44.3 Å². The van der Waals surface area contributed by atoms with Gasteiger partial charge in [0.1, 0.15) is 0 Å². The fraction of sp³-hybridized carbons (Fsp3) is 0.333. The Kier molecular flexibility index (Phi) is 11.0. The van der Waals surface area contributed by atoms with E-state index in [0.717, 1.165) is 49.4 Å². The monoisotopic (exact) mass is 642 g/mol. The van der Waals surface area contributed by atoms with Crippen LogP contribution in [0.4, 0.5) is 10.1 Å². The summed E-state index contributed by atoms with van der Waals surface area (Å²) in [6.45, 7) is 3.62. The molecule has 2 aromatic heterocycles. The van der Waals surface area contributed by atoms with Gasteiger partial charge in [-0.05, 0) is 54.8 Å². The number of aryl methyl sites for hydroxylation is 1. The first-order valence-corrected chi connectivity index (χ1v) is 16.6. The number of halogens is 1. The predicted molar refractivity (Wildman–Crippen MR) is 183 cm³/mol. The average molecular weight is 643 g/mol. The molecule has 0 aliphatic carbocycles. The highest BCUT2D eigenvalue weighted by atomic mass is 32.2. The minimum Gasteiger partial charge on any atom is -0.354 e. The van der Waals surface area contributed by atoms with Crippen LogP contribution < -0.4 is 20.1 Å². The quantitative estimate of drug-likeness (QED) is 0.0836. The Hall–Kier alpha value is -4.28. The van der Waals surface area contributed by atoms with Crippen LogP contribution in [0, 0.1) is 5.95 Å². The Bertz CT molecular complexity index is 1710. The Morgan fingerprint density at radius 3 is 2.52 bits per heavy atom. The highest BCUT2D eigenvalue weighted by molar-refractivity contribution is 8.03. The number of carbonyl (C=O) groups is 2. The number of amides is 2. The van der Waals surface area contributed by atoms with Crippen molar-refractivity contribution in [3.63, 3.8) is 0 Å². The van der Waals surface area contributed by atoms with Crippen LogP contribution in [0.15, 0.2) is 89.0 Å². The van der Waals surface area contributed by atoms with Gasteiger partial charge in [0, 0.05) is 49.8 Å². The van der Waals surface area contributed by atoms with Crippen LogP contribution in [-0.2, 0) is 11.3 Å². The van der Waals surface area contributed by atoms with Crippen molar-refractivity contribution in [2.45, 2.75) is 37.1 Å². The molecule has 0 radical (unpaired) electrons. The molecule has 46 heavy (non-hydrogen) atoms. The lowest BCUT2D eigenvalue weighted by Crippen LogP contribution is -2.44. The maximum absolute atomic E-state index is 12.9. The molecule has 0 unspecified atom stereocenters. The molecule has 240 valence electrons. The van der Waals surface area contributed by atoms with Gasteiger partial charge in [-0.25, -0.2) is 4.98 Å². The van der Waals surface area contributed by atoms with Gasteiger partial charge in [0.15, 0.2) is 12.7 Å². The van der Waals surface area contributed by atoms with Gasteiger partial charge >= 0.3 is 0 Å². The van der Waals surface area contributed by atoms with Crippen molar-refractivity contribution in [3.8, 4) is 0 Å². The number of quaternary nitrogens is 1. The number of hydrogen-bond acceptors (Lipinski definition) is 5. The molecule has 3 heterocycles. The molecule has 0 fully saturated rings. The second-order valence-electron chi connectivity index (χ2n) is 12.3. The summed E-state index contributed by atoms with van der Waals surface area (Å²) in [5.74, 6) is -0.998. The first-order valence-electron chi connectivity index (χ1n) is 15.8. The van der Waals surface area contributed by atoms with Crippen molar-refractivity contribution in [1.82, 2.24) is 15.6 Å². The molecular weight excluding hydrogens is 600 g/mol. The van der Waals surface area contributed by atoms with E-state index >= 15 is 0 Å². The van der Waals surface area contributed by atoms with Gasteiger partial charge in [-0.15, -0.1) is 0 Å². The lowest BCUT2D eigenvalue weighted by molar-refractivity contribution is -0.892. The highest BCUT2D eigenvalue weighted by Gasteiger charge is 2.22. The molecule has 0 atom stereocenters. The predicted octanol–water partition coefficient (Wildman–Crippen LogP) is 5.38. The van der Waals surface area contributed by atoms with Crippen LogP contribution in [-0.4, -0.2) is 68.6 Å². The number of fused-ring (bicyclic) bond motifs is 2. The molecule has 0 saturated carbocycles. The number of nitrogens with one attached hydrogen (secondary N) is 2. The Morgan fingerprint density at radius 1 is 0.957 bits per heavy atom. The minimum absolute atomic E-state index is 0.0203. The zero-order chi connectivity index (χ0) is 32.5. The van der Waals surface area contributed by atoms with E-state index in [1.54, 1.807) is 0 Å². The maximum atomic E-state index is 12.9. The molecule has 1 aliphatic rings. The van der Waals surface area contributed by atoms with Crippen LogP contribution in [0.5, 0.6) is 0 Å². The van der Waals surface area contributed by atoms with E-state index in [1.807, 2.05) is 11.8 Å². The number of anilines is 1. The number of nitrogens with zero attached hydrogens (tertiary/aromatic N) is 4. The fourth-order valence-corrected chi connectivity index (χ4v) is 6.80. The molecule has 2 N–H and O–H groups in total. The largest absolute Gasteiger partial charge is 0.354 e. The van der Waals surface area contributed by atoms with Crippen molar-refractivity contribution >= 4 is 46.2 Å². The topological polar surface area (TPSA) is 78.2 Å². The van der Waals surface area contributed by atoms with Crippen LogP contribution in [0.25, 0.3) is 17.0 Å². The molecule has 5 rings (SSSR count). The summed E-state index contributed by atoms with van der Waals surface area (Å²) in [4.78, 5) is 31.3. The van der Waals surface area contributed by atoms with E-state index in [-0.39, 0.29) is 17.4 Å². The Morgan fingerprint density at radius 2 is 1.72 bits per heavy atom. The zero-order valence-electron chi connectivity index (χ0n) is 26.8. The number of unbranched alkanes of at least 4 members (excludes halogenated alkanes) is 1. The number of rotatable bonds is 14. The molecule has 0 spiro atoms. The third-order valence-electron chi connectivity index (χ3n) is 8.31. The molecular formula is C36H43FN6O2S+2. The van der Waals surface area contributed by atoms with Crippen molar-refractivity contribution < 1.29 is 23.0 Å². The van der Waals surface area contributed by atoms with Gasteiger partial charge < -0.3 is 20.0 Å². The number of thioether (sulfide) groups is 1. The molecule has 2 aromatic carbocycles. The first kappa shape index (κ1) is 33.1. The number of para-hydroxylation sites is 2. The van der Waals surface area contributed by atoms with Gasteiger partial charge in [0.05, 0.1) is 55.3 Å². The van der Waals surface area contributed by atoms with E-state index in [4.69, 9.17) is 0 Å². The lowest BCUT2D eigenvalue weighted by atomic mass is 10.1. The van der Waals surface area contributed by atoms with Gasteiger partial charge in [-0.2, -0.15) is 8.96 Å². The Labute approximate surface area is 274 Å². The maximum Gasteiger partial charge on any atom is 0.252 e. The average Bonchev–Trinajstić information content (AvgIpc) is 3.37. The molecule has 0 saturated heterocycles. The third kappa shape index (κ3) is 8.70. The molecule has 8 nitrogen and oxygen atoms in total. The van der Waals surface area contributed by atoms with Crippen LogP contribution in [0.3, 0.4) is 0 Å². The summed E-state index contributed by atoms with van der Waals surface area (Å²) in [7, 11) is 6.64. The highest BCUT2D eigenvalue weighted by Crippen LogP contribution is 2.45. The molecule has 2 amide bonds. The summed E-state index contributed by atoms with van der Waals surface area (Å²) in [5, 5.41) is 8.03. The smallest absolute Gasteiger partial charge is 0.252 e. The van der Waals surface area contributed by atoms with Crippen molar-refractivity contribution in [3.05, 3.63) is 101 Å². The van der Waals surface area contributed by atoms with E-state index < -0.39 is 5.95 Å². The fourth-order valence-electron chi connectivity index (χ4n) is 5.69.